The fraction of sp³-hybridized carbons (Fsp3) is 0.500. The maximum atomic E-state index is 10.5. The van der Waals surface area contributed by atoms with Crippen molar-refractivity contribution in [2.45, 2.75) is 43.8 Å². The molecule has 0 amide bonds. The van der Waals surface area contributed by atoms with Crippen molar-refractivity contribution < 1.29 is 9.90 Å². The van der Waals surface area contributed by atoms with Crippen molar-refractivity contribution in [3.63, 3.8) is 0 Å². The van der Waals surface area contributed by atoms with Gasteiger partial charge in [-0.25, -0.2) is 0 Å². The molecule has 0 fully saturated rings. The van der Waals surface area contributed by atoms with Gasteiger partial charge < -0.3 is 5.11 Å². The third-order valence-electron chi connectivity index (χ3n) is 2.89. The number of carbonyl (C=O) groups is 1. The lowest BCUT2D eigenvalue weighted by Crippen LogP contribution is -2.12. The van der Waals surface area contributed by atoms with Crippen LogP contribution in [0.5, 0.6) is 0 Å². The molecular weight excluding hydrogens is 268 g/mol. The predicted octanol–water partition coefficient (Wildman–Crippen LogP) is 4.22. The van der Waals surface area contributed by atoms with Crippen LogP contribution in [0.4, 0.5) is 0 Å². The molecule has 0 saturated carbocycles. The molecule has 1 atom stereocenters. The predicted molar refractivity (Wildman–Crippen MR) is 78.7 cm³/mol. The smallest absolute Gasteiger partial charge is 0.316 e. The van der Waals surface area contributed by atoms with Crippen molar-refractivity contribution in [3.8, 4) is 0 Å². The molecule has 0 aromatic heterocycles. The second-order valence-electron chi connectivity index (χ2n) is 4.43. The Morgan fingerprint density at radius 1 is 1.17 bits per heavy atom. The van der Waals surface area contributed by atoms with Gasteiger partial charge in [-0.3, -0.25) is 4.79 Å². The van der Waals surface area contributed by atoms with Gasteiger partial charge in [0.05, 0.1) is 5.25 Å². The molecule has 0 aliphatic heterocycles. The van der Waals surface area contributed by atoms with Crippen molar-refractivity contribution in [2.75, 3.05) is 0 Å². The van der Waals surface area contributed by atoms with Crippen LogP contribution in [0.1, 0.15) is 37.7 Å². The molecule has 0 spiro atoms. The first-order valence-electron chi connectivity index (χ1n) is 6.25. The zero-order valence-electron chi connectivity index (χ0n) is 10.3. The van der Waals surface area contributed by atoms with E-state index in [4.69, 9.17) is 16.7 Å². The monoisotopic (exact) mass is 286 g/mol. The third-order valence-corrected chi connectivity index (χ3v) is 3.62. The first-order valence-corrected chi connectivity index (χ1v) is 7.14. The lowest BCUT2D eigenvalue weighted by molar-refractivity contribution is -0.136. The number of hydrogen-bond donors (Lipinski definition) is 2. The van der Waals surface area contributed by atoms with E-state index in [0.717, 1.165) is 37.1 Å². The Labute approximate surface area is 119 Å². The van der Waals surface area contributed by atoms with Crippen LogP contribution in [0.25, 0.3) is 0 Å². The quantitative estimate of drug-likeness (QED) is 0.555. The Morgan fingerprint density at radius 2 is 1.78 bits per heavy atom. The molecule has 100 valence electrons. The van der Waals surface area contributed by atoms with Crippen LogP contribution in [0.15, 0.2) is 24.3 Å². The summed E-state index contributed by atoms with van der Waals surface area (Å²) in [5.74, 6) is -0.820. The van der Waals surface area contributed by atoms with Gasteiger partial charge in [0.1, 0.15) is 0 Å². The minimum atomic E-state index is -0.820. The Hall–Kier alpha value is -0.670. The molecule has 0 aliphatic carbocycles. The molecule has 0 radical (unpaired) electrons. The Balaban J connectivity index is 2.05. The number of aryl methyl sites for hydroxylation is 1. The molecule has 0 heterocycles. The summed E-state index contributed by atoms with van der Waals surface area (Å²) < 4.78 is 0. The summed E-state index contributed by atoms with van der Waals surface area (Å²) in [4.78, 5) is 10.5. The van der Waals surface area contributed by atoms with E-state index < -0.39 is 11.2 Å². The second-order valence-corrected chi connectivity index (χ2v) is 5.49. The fourth-order valence-corrected chi connectivity index (χ4v) is 2.10. The summed E-state index contributed by atoms with van der Waals surface area (Å²) in [6.07, 6.45) is 5.97. The maximum absolute atomic E-state index is 10.5. The molecule has 0 aliphatic rings. The van der Waals surface area contributed by atoms with Gasteiger partial charge in [-0.2, -0.15) is 12.6 Å². The van der Waals surface area contributed by atoms with Gasteiger partial charge in [-0.05, 0) is 37.0 Å². The Bertz CT molecular complexity index is 365. The van der Waals surface area contributed by atoms with E-state index in [0.29, 0.717) is 6.42 Å². The van der Waals surface area contributed by atoms with E-state index in [9.17, 15) is 4.79 Å². The van der Waals surface area contributed by atoms with Gasteiger partial charge in [-0.15, -0.1) is 0 Å². The number of rotatable bonds is 8. The third kappa shape index (κ3) is 6.31. The van der Waals surface area contributed by atoms with Gasteiger partial charge in [0, 0.05) is 5.02 Å². The minimum absolute atomic E-state index is 0.513. The zero-order chi connectivity index (χ0) is 13.4. The lowest BCUT2D eigenvalue weighted by Gasteiger charge is -2.05. The van der Waals surface area contributed by atoms with Crippen molar-refractivity contribution >= 4 is 30.2 Å². The summed E-state index contributed by atoms with van der Waals surface area (Å²) >= 11 is 9.82. The van der Waals surface area contributed by atoms with Crippen molar-refractivity contribution in [1.82, 2.24) is 0 Å². The van der Waals surface area contributed by atoms with Gasteiger partial charge in [0.25, 0.3) is 0 Å². The van der Waals surface area contributed by atoms with Gasteiger partial charge in [0.15, 0.2) is 0 Å². The Kier molecular flexibility index (Phi) is 7.21. The summed E-state index contributed by atoms with van der Waals surface area (Å²) in [5, 5.41) is 8.93. The number of aliphatic carboxylic acids is 1. The molecule has 0 bridgehead atoms. The van der Waals surface area contributed by atoms with Crippen LogP contribution >= 0.6 is 24.2 Å². The molecule has 2 nitrogen and oxygen atoms in total. The highest BCUT2D eigenvalue weighted by molar-refractivity contribution is 7.81. The first kappa shape index (κ1) is 15.4. The highest BCUT2D eigenvalue weighted by atomic mass is 35.5. The normalized spacial score (nSPS) is 12.3. The lowest BCUT2D eigenvalue weighted by atomic mass is 10.0. The highest BCUT2D eigenvalue weighted by Gasteiger charge is 2.10. The van der Waals surface area contributed by atoms with Crippen LogP contribution in [0.2, 0.25) is 5.02 Å². The number of halogens is 1. The summed E-state index contributed by atoms with van der Waals surface area (Å²) in [6, 6.07) is 7.93. The van der Waals surface area contributed by atoms with Gasteiger partial charge >= 0.3 is 5.97 Å². The van der Waals surface area contributed by atoms with E-state index in [2.05, 4.69) is 24.8 Å². The minimum Gasteiger partial charge on any atom is -0.480 e. The van der Waals surface area contributed by atoms with E-state index in [1.807, 2.05) is 12.1 Å². The molecule has 1 rings (SSSR count). The van der Waals surface area contributed by atoms with E-state index in [1.54, 1.807) is 0 Å². The Morgan fingerprint density at radius 3 is 2.39 bits per heavy atom. The molecule has 0 saturated heterocycles. The van der Waals surface area contributed by atoms with Crippen molar-refractivity contribution in [1.29, 1.82) is 0 Å². The standard InChI is InChI=1S/C14H19ClO2S/c15-12-9-7-11(8-10-12)5-3-1-2-4-6-13(18)14(16)17/h7-10,13,18H,1-6H2,(H,16,17). The van der Waals surface area contributed by atoms with E-state index in [1.165, 1.54) is 5.56 Å². The topological polar surface area (TPSA) is 37.3 Å². The van der Waals surface area contributed by atoms with Crippen molar-refractivity contribution in [3.05, 3.63) is 34.9 Å². The molecule has 1 aromatic carbocycles. The van der Waals surface area contributed by atoms with Crippen LogP contribution < -0.4 is 0 Å². The average molecular weight is 287 g/mol. The summed E-state index contributed by atoms with van der Waals surface area (Å²) in [7, 11) is 0. The molecule has 4 heteroatoms. The molecule has 1 aromatic rings. The largest absolute Gasteiger partial charge is 0.480 e. The van der Waals surface area contributed by atoms with Crippen LogP contribution in [-0.2, 0) is 11.2 Å². The van der Waals surface area contributed by atoms with Gasteiger partial charge in [0.2, 0.25) is 0 Å². The van der Waals surface area contributed by atoms with Crippen molar-refractivity contribution in [2.24, 2.45) is 0 Å². The van der Waals surface area contributed by atoms with E-state index >= 15 is 0 Å². The number of carboxylic acids is 1. The van der Waals surface area contributed by atoms with E-state index in [-0.39, 0.29) is 0 Å². The zero-order valence-corrected chi connectivity index (χ0v) is 12.0. The SMILES string of the molecule is O=C(O)C(S)CCCCCCc1ccc(Cl)cc1. The first-order chi connectivity index (χ1) is 8.59. The molecule has 1 unspecified atom stereocenters. The van der Waals surface area contributed by atoms with Crippen LogP contribution in [0, 0.1) is 0 Å². The maximum Gasteiger partial charge on any atom is 0.316 e. The fourth-order valence-electron chi connectivity index (χ4n) is 1.79. The average Bonchev–Trinajstić information content (AvgIpc) is 2.35. The molecule has 1 N–H and O–H groups in total. The number of thiol groups is 1. The van der Waals surface area contributed by atoms with Crippen LogP contribution in [-0.4, -0.2) is 16.3 Å². The number of unbranched alkanes of at least 4 members (excludes halogenated alkanes) is 3. The second kappa shape index (κ2) is 8.44. The van der Waals surface area contributed by atoms with Crippen LogP contribution in [0.3, 0.4) is 0 Å². The molecule has 18 heavy (non-hydrogen) atoms. The number of carboxylic acid groups (broad SMARTS) is 1. The highest BCUT2D eigenvalue weighted by Crippen LogP contribution is 2.14. The molecular formula is C14H19ClO2S. The number of benzene rings is 1. The number of hydrogen-bond acceptors (Lipinski definition) is 2. The summed E-state index contributed by atoms with van der Waals surface area (Å²) in [6.45, 7) is 0. The summed E-state index contributed by atoms with van der Waals surface area (Å²) in [5.41, 5.74) is 1.30. The van der Waals surface area contributed by atoms with Gasteiger partial charge in [-0.1, -0.05) is 43.0 Å².